The zero-order valence-corrected chi connectivity index (χ0v) is 15.8. The highest BCUT2D eigenvalue weighted by molar-refractivity contribution is 6.35. The molecule has 4 heteroatoms. The first kappa shape index (κ1) is 17.5. The van der Waals surface area contributed by atoms with Gasteiger partial charge in [-0.1, -0.05) is 50.0 Å². The van der Waals surface area contributed by atoms with Crippen molar-refractivity contribution < 1.29 is 5.11 Å². The van der Waals surface area contributed by atoms with Crippen LogP contribution in [-0.2, 0) is 0 Å². The molecule has 1 aromatic carbocycles. The van der Waals surface area contributed by atoms with Crippen molar-refractivity contribution in [2.75, 3.05) is 13.1 Å². The van der Waals surface area contributed by atoms with Crippen LogP contribution in [0.3, 0.4) is 0 Å². The molecule has 2 aliphatic heterocycles. The van der Waals surface area contributed by atoms with Gasteiger partial charge in [-0.05, 0) is 54.7 Å². The fraction of sp³-hybridized carbons (Fsp3) is 0.684. The van der Waals surface area contributed by atoms with Gasteiger partial charge >= 0.3 is 0 Å². The number of fused-ring (bicyclic) bond motifs is 1. The van der Waals surface area contributed by atoms with Crippen molar-refractivity contribution in [2.45, 2.75) is 64.0 Å². The normalized spacial score (nSPS) is 32.6. The molecule has 2 aliphatic rings. The second kappa shape index (κ2) is 6.22. The maximum atomic E-state index is 11.0. The van der Waals surface area contributed by atoms with Crippen molar-refractivity contribution in [1.82, 2.24) is 4.90 Å². The summed E-state index contributed by atoms with van der Waals surface area (Å²) in [6.45, 7) is 8.47. The zero-order valence-electron chi connectivity index (χ0n) is 14.3. The second-order valence-corrected chi connectivity index (χ2v) is 9.17. The first-order chi connectivity index (χ1) is 10.7. The van der Waals surface area contributed by atoms with Crippen molar-refractivity contribution in [2.24, 2.45) is 5.41 Å². The van der Waals surface area contributed by atoms with Gasteiger partial charge in [-0.15, -0.1) is 0 Å². The highest BCUT2D eigenvalue weighted by Gasteiger charge is 2.47. The molecule has 128 valence electrons. The number of hydrogen-bond acceptors (Lipinski definition) is 2. The minimum Gasteiger partial charge on any atom is -0.389 e. The van der Waals surface area contributed by atoms with E-state index in [4.69, 9.17) is 23.2 Å². The summed E-state index contributed by atoms with van der Waals surface area (Å²) in [6, 6.07) is 6.35. The van der Waals surface area contributed by atoms with Crippen LogP contribution in [0.2, 0.25) is 10.0 Å². The van der Waals surface area contributed by atoms with E-state index in [1.54, 1.807) is 0 Å². The summed E-state index contributed by atoms with van der Waals surface area (Å²) in [6.07, 6.45) is 4.00. The minimum atomic E-state index is -0.543. The summed E-state index contributed by atoms with van der Waals surface area (Å²) in [7, 11) is 0. The SMILES string of the molecule is CC(C)(C)[C@]1(O)CCN2C[C@@H](c3ccc(Cl)cc3Cl)CC[C@@H]2C1. The molecule has 0 radical (unpaired) electrons. The quantitative estimate of drug-likeness (QED) is 0.756. The van der Waals surface area contributed by atoms with Gasteiger partial charge in [0.25, 0.3) is 0 Å². The predicted octanol–water partition coefficient (Wildman–Crippen LogP) is 5.11. The Labute approximate surface area is 149 Å². The monoisotopic (exact) mass is 355 g/mol. The third kappa shape index (κ3) is 3.42. The van der Waals surface area contributed by atoms with Crippen LogP contribution >= 0.6 is 23.2 Å². The molecule has 0 saturated carbocycles. The molecule has 0 aromatic heterocycles. The first-order valence-electron chi connectivity index (χ1n) is 8.61. The summed E-state index contributed by atoms with van der Waals surface area (Å²) in [5.74, 6) is 0.469. The maximum absolute atomic E-state index is 11.0. The van der Waals surface area contributed by atoms with E-state index in [0.717, 1.165) is 43.8 Å². The van der Waals surface area contributed by atoms with E-state index in [9.17, 15) is 5.11 Å². The highest BCUT2D eigenvalue weighted by atomic mass is 35.5. The Kier molecular flexibility index (Phi) is 4.74. The van der Waals surface area contributed by atoms with Crippen LogP contribution in [0.4, 0.5) is 0 Å². The predicted molar refractivity (Wildman–Crippen MR) is 97.4 cm³/mol. The van der Waals surface area contributed by atoms with Crippen molar-refractivity contribution in [3.8, 4) is 0 Å². The molecule has 1 N–H and O–H groups in total. The van der Waals surface area contributed by atoms with Crippen LogP contribution in [-0.4, -0.2) is 34.7 Å². The standard InChI is InChI=1S/C19H27Cl2NO/c1-18(2,3)19(23)8-9-22-12-13(4-6-15(22)11-19)16-7-5-14(20)10-17(16)21/h5,7,10,13,15,23H,4,6,8-9,11-12H2,1-3H3/t13-,15+,19-/m0/s1. The van der Waals surface area contributed by atoms with E-state index < -0.39 is 5.60 Å². The number of hydrogen-bond donors (Lipinski definition) is 1. The average Bonchev–Trinajstić information content (AvgIpc) is 2.46. The molecule has 2 saturated heterocycles. The lowest BCUT2D eigenvalue weighted by atomic mass is 9.67. The molecule has 23 heavy (non-hydrogen) atoms. The Morgan fingerprint density at radius 1 is 1.22 bits per heavy atom. The molecular weight excluding hydrogens is 329 g/mol. The third-order valence-electron chi connectivity index (χ3n) is 6.00. The van der Waals surface area contributed by atoms with Gasteiger partial charge in [-0.2, -0.15) is 0 Å². The largest absolute Gasteiger partial charge is 0.389 e. The Bertz CT molecular complexity index is 583. The number of rotatable bonds is 1. The molecule has 1 aromatic rings. The number of aliphatic hydroxyl groups is 1. The Hall–Kier alpha value is -0.280. The van der Waals surface area contributed by atoms with E-state index in [0.29, 0.717) is 17.0 Å². The van der Waals surface area contributed by atoms with Gasteiger partial charge in [-0.25, -0.2) is 0 Å². The van der Waals surface area contributed by atoms with E-state index in [1.165, 1.54) is 5.56 Å². The van der Waals surface area contributed by atoms with Crippen LogP contribution < -0.4 is 0 Å². The lowest BCUT2D eigenvalue weighted by Gasteiger charge is -2.52. The summed E-state index contributed by atoms with van der Waals surface area (Å²) in [5, 5.41) is 12.5. The fourth-order valence-electron chi connectivity index (χ4n) is 4.19. The van der Waals surface area contributed by atoms with Gasteiger partial charge in [-0.3, -0.25) is 4.90 Å². The van der Waals surface area contributed by atoms with Crippen LogP contribution in [0.5, 0.6) is 0 Å². The number of halogens is 2. The summed E-state index contributed by atoms with van der Waals surface area (Å²) in [5.41, 5.74) is 0.611. The summed E-state index contributed by atoms with van der Waals surface area (Å²) >= 11 is 12.4. The number of benzene rings is 1. The third-order valence-corrected chi connectivity index (χ3v) is 6.57. The molecule has 3 atom stereocenters. The summed E-state index contributed by atoms with van der Waals surface area (Å²) < 4.78 is 0. The topological polar surface area (TPSA) is 23.5 Å². The lowest BCUT2D eigenvalue weighted by molar-refractivity contribution is -0.122. The van der Waals surface area contributed by atoms with E-state index in [1.807, 2.05) is 12.1 Å². The smallest absolute Gasteiger partial charge is 0.0722 e. The van der Waals surface area contributed by atoms with Gasteiger partial charge in [0.1, 0.15) is 0 Å². The van der Waals surface area contributed by atoms with Crippen LogP contribution in [0.15, 0.2) is 18.2 Å². The molecule has 0 amide bonds. The first-order valence-corrected chi connectivity index (χ1v) is 9.36. The minimum absolute atomic E-state index is 0.0601. The molecule has 2 heterocycles. The summed E-state index contributed by atoms with van der Waals surface area (Å²) in [4.78, 5) is 2.55. The van der Waals surface area contributed by atoms with Crippen LogP contribution in [0.25, 0.3) is 0 Å². The molecule has 0 bridgehead atoms. The van der Waals surface area contributed by atoms with Crippen molar-refractivity contribution >= 4 is 23.2 Å². The van der Waals surface area contributed by atoms with Gasteiger partial charge in [0.15, 0.2) is 0 Å². The highest BCUT2D eigenvalue weighted by Crippen LogP contribution is 2.45. The van der Waals surface area contributed by atoms with Gasteiger partial charge in [0.2, 0.25) is 0 Å². The van der Waals surface area contributed by atoms with E-state index in [-0.39, 0.29) is 5.41 Å². The molecule has 2 fully saturated rings. The van der Waals surface area contributed by atoms with Crippen LogP contribution in [0.1, 0.15) is 57.9 Å². The molecule has 0 unspecified atom stereocenters. The number of nitrogens with zero attached hydrogens (tertiary/aromatic N) is 1. The fourth-order valence-corrected chi connectivity index (χ4v) is 4.76. The number of piperidine rings is 2. The Morgan fingerprint density at radius 3 is 2.61 bits per heavy atom. The van der Waals surface area contributed by atoms with E-state index >= 15 is 0 Å². The van der Waals surface area contributed by atoms with Gasteiger partial charge in [0, 0.05) is 29.2 Å². The Morgan fingerprint density at radius 2 is 1.96 bits per heavy atom. The van der Waals surface area contributed by atoms with Crippen molar-refractivity contribution in [3.63, 3.8) is 0 Å². The molecule has 3 rings (SSSR count). The average molecular weight is 356 g/mol. The molecule has 0 aliphatic carbocycles. The molecular formula is C19H27Cl2NO. The maximum Gasteiger partial charge on any atom is 0.0722 e. The lowest BCUT2D eigenvalue weighted by Crippen LogP contribution is -2.57. The van der Waals surface area contributed by atoms with Crippen molar-refractivity contribution in [3.05, 3.63) is 33.8 Å². The Balaban J connectivity index is 1.72. The van der Waals surface area contributed by atoms with Crippen molar-refractivity contribution in [1.29, 1.82) is 0 Å². The zero-order chi connectivity index (χ0) is 16.8. The molecule has 2 nitrogen and oxygen atoms in total. The molecule has 0 spiro atoms. The van der Waals surface area contributed by atoms with Gasteiger partial charge in [0.05, 0.1) is 5.60 Å². The van der Waals surface area contributed by atoms with Crippen LogP contribution in [0, 0.1) is 5.41 Å². The van der Waals surface area contributed by atoms with E-state index in [2.05, 4.69) is 31.7 Å². The van der Waals surface area contributed by atoms with Gasteiger partial charge < -0.3 is 5.11 Å². The second-order valence-electron chi connectivity index (χ2n) is 8.32.